The van der Waals surface area contributed by atoms with Crippen molar-refractivity contribution in [1.82, 2.24) is 0 Å². The zero-order chi connectivity index (χ0) is 9.90. The topological polar surface area (TPSA) is 0 Å². The average molecular weight is 193 g/mol. The van der Waals surface area contributed by atoms with Crippen LogP contribution < -0.4 is 0 Å². The highest BCUT2D eigenvalue weighted by Crippen LogP contribution is 2.30. The molecule has 1 rings (SSSR count). The van der Waals surface area contributed by atoms with Crippen LogP contribution >= 0.6 is 0 Å². The zero-order valence-corrected chi connectivity index (χ0v) is 9.40. The Morgan fingerprint density at radius 2 is 1.77 bits per heavy atom. The molecule has 0 amide bonds. The average Bonchev–Trinajstić information content (AvgIpc) is 2.18. The molecule has 0 saturated heterocycles. The molecular formula is C12H17S+. The highest BCUT2D eigenvalue weighted by molar-refractivity contribution is 7.99. The molecule has 1 aromatic carbocycles. The quantitative estimate of drug-likeness (QED) is 0.646. The van der Waals surface area contributed by atoms with E-state index in [9.17, 15) is 0 Å². The Kier molecular flexibility index (Phi) is 3.21. The molecular weight excluding hydrogens is 176 g/mol. The maximum Gasteiger partial charge on any atom is 0.152 e. The largest absolute Gasteiger partial charge is 0.152 e. The Morgan fingerprint density at radius 3 is 2.23 bits per heavy atom. The van der Waals surface area contributed by atoms with Crippen LogP contribution in [0.15, 0.2) is 42.3 Å². The van der Waals surface area contributed by atoms with Gasteiger partial charge in [-0.15, -0.1) is 0 Å². The van der Waals surface area contributed by atoms with E-state index in [0.29, 0.717) is 0 Å². The van der Waals surface area contributed by atoms with Crippen molar-refractivity contribution in [2.24, 2.45) is 0 Å². The summed E-state index contributed by atoms with van der Waals surface area (Å²) in [6.45, 7) is 8.41. The van der Waals surface area contributed by atoms with E-state index in [-0.39, 0.29) is 15.6 Å². The molecule has 1 aromatic rings. The minimum Gasteiger partial charge on any atom is -0.0622 e. The molecule has 0 aliphatic carbocycles. The summed E-state index contributed by atoms with van der Waals surface area (Å²) in [5.41, 5.74) is 1.39. The molecule has 0 heterocycles. The van der Waals surface area contributed by atoms with Gasteiger partial charge in [0, 0.05) is 16.5 Å². The normalized spacial score (nSPS) is 13.8. The first kappa shape index (κ1) is 10.4. The highest BCUT2D eigenvalue weighted by Gasteiger charge is 2.34. The van der Waals surface area contributed by atoms with E-state index >= 15 is 0 Å². The van der Waals surface area contributed by atoms with Gasteiger partial charge in [0.1, 0.15) is 11.7 Å². The lowest BCUT2D eigenvalue weighted by atomic mass is 10.0. The maximum absolute atomic E-state index is 3.86. The summed E-state index contributed by atoms with van der Waals surface area (Å²) in [7, 11) is 0.226. The number of rotatable bonds is 3. The summed E-state index contributed by atoms with van der Waals surface area (Å²) in [6.07, 6.45) is 2.24. The van der Waals surface area contributed by atoms with Gasteiger partial charge in [-0.3, -0.25) is 0 Å². The SMILES string of the molecule is C=C[S+](C)C(C)(C)c1ccccc1. The first-order valence-electron chi connectivity index (χ1n) is 4.42. The molecule has 1 unspecified atom stereocenters. The fourth-order valence-electron chi connectivity index (χ4n) is 1.23. The summed E-state index contributed by atoms with van der Waals surface area (Å²) < 4.78 is 0.211. The number of hydrogen-bond acceptors (Lipinski definition) is 0. The highest BCUT2D eigenvalue weighted by atomic mass is 32.2. The molecule has 0 fully saturated rings. The molecule has 1 heteroatoms. The van der Waals surface area contributed by atoms with Crippen molar-refractivity contribution in [3.8, 4) is 0 Å². The lowest BCUT2D eigenvalue weighted by Crippen LogP contribution is -2.26. The third-order valence-electron chi connectivity index (χ3n) is 2.52. The van der Waals surface area contributed by atoms with Crippen molar-refractivity contribution < 1.29 is 0 Å². The van der Waals surface area contributed by atoms with Gasteiger partial charge in [0.05, 0.1) is 0 Å². The molecule has 1 atom stereocenters. The predicted molar refractivity (Wildman–Crippen MR) is 63.0 cm³/mol. The summed E-state index contributed by atoms with van der Waals surface area (Å²) in [4.78, 5) is 0. The zero-order valence-electron chi connectivity index (χ0n) is 8.58. The number of benzene rings is 1. The van der Waals surface area contributed by atoms with Crippen molar-refractivity contribution >= 4 is 10.9 Å². The van der Waals surface area contributed by atoms with Crippen molar-refractivity contribution in [3.05, 3.63) is 47.9 Å². The molecule has 13 heavy (non-hydrogen) atoms. The van der Waals surface area contributed by atoms with Crippen LogP contribution in [0.4, 0.5) is 0 Å². The summed E-state index contributed by atoms with van der Waals surface area (Å²) >= 11 is 0. The second kappa shape index (κ2) is 4.01. The van der Waals surface area contributed by atoms with Gasteiger partial charge < -0.3 is 0 Å². The molecule has 0 spiro atoms. The van der Waals surface area contributed by atoms with E-state index in [0.717, 1.165) is 0 Å². The van der Waals surface area contributed by atoms with Crippen LogP contribution in [0.3, 0.4) is 0 Å². The first-order chi connectivity index (χ1) is 6.09. The van der Waals surface area contributed by atoms with Crippen molar-refractivity contribution in [3.63, 3.8) is 0 Å². The lowest BCUT2D eigenvalue weighted by Gasteiger charge is -2.21. The van der Waals surface area contributed by atoms with Crippen LogP contribution in [0.1, 0.15) is 19.4 Å². The van der Waals surface area contributed by atoms with Crippen LogP contribution in [0.2, 0.25) is 0 Å². The Bertz CT molecular complexity index is 274. The standard InChI is InChI=1S/C12H17S/c1-5-13(4)12(2,3)11-9-7-6-8-10-11/h5-10H,1H2,2-4H3/q+1. The Hall–Kier alpha value is -0.690. The Labute approximate surface area is 84.0 Å². The second-order valence-corrected chi connectivity index (χ2v) is 6.07. The van der Waals surface area contributed by atoms with Crippen molar-refractivity contribution in [1.29, 1.82) is 0 Å². The van der Waals surface area contributed by atoms with Crippen LogP contribution in [-0.4, -0.2) is 6.26 Å². The molecule has 0 bridgehead atoms. The first-order valence-corrected chi connectivity index (χ1v) is 6.11. The molecule has 0 radical (unpaired) electrons. The van der Waals surface area contributed by atoms with E-state index in [1.807, 2.05) is 5.41 Å². The number of hydrogen-bond donors (Lipinski definition) is 0. The van der Waals surface area contributed by atoms with E-state index in [4.69, 9.17) is 0 Å². The van der Waals surface area contributed by atoms with Gasteiger partial charge in [-0.2, -0.15) is 0 Å². The van der Waals surface area contributed by atoms with E-state index in [1.165, 1.54) is 5.56 Å². The molecule has 70 valence electrons. The van der Waals surface area contributed by atoms with Crippen molar-refractivity contribution in [2.75, 3.05) is 6.26 Å². The van der Waals surface area contributed by atoms with Gasteiger partial charge in [-0.05, 0) is 13.8 Å². The van der Waals surface area contributed by atoms with Gasteiger partial charge in [-0.1, -0.05) is 36.9 Å². The molecule has 0 aliphatic heterocycles. The van der Waals surface area contributed by atoms with Crippen LogP contribution in [-0.2, 0) is 15.6 Å². The van der Waals surface area contributed by atoms with Crippen LogP contribution in [0.25, 0.3) is 0 Å². The summed E-state index contributed by atoms with van der Waals surface area (Å²) in [5, 5.41) is 2.05. The van der Waals surface area contributed by atoms with E-state index in [1.54, 1.807) is 0 Å². The predicted octanol–water partition coefficient (Wildman–Crippen LogP) is 3.31. The Balaban J connectivity index is 3.00. The maximum atomic E-state index is 3.86. The van der Waals surface area contributed by atoms with Gasteiger partial charge in [-0.25, -0.2) is 0 Å². The van der Waals surface area contributed by atoms with Gasteiger partial charge in [0.25, 0.3) is 0 Å². The second-order valence-electron chi connectivity index (χ2n) is 3.60. The monoisotopic (exact) mass is 193 g/mol. The van der Waals surface area contributed by atoms with E-state index < -0.39 is 0 Å². The molecule has 0 nitrogen and oxygen atoms in total. The fraction of sp³-hybridized carbons (Fsp3) is 0.333. The van der Waals surface area contributed by atoms with E-state index in [2.05, 4.69) is 57.0 Å². The minimum absolute atomic E-state index is 0.211. The smallest absolute Gasteiger partial charge is 0.0622 e. The Morgan fingerprint density at radius 1 is 1.23 bits per heavy atom. The molecule has 0 aliphatic rings. The lowest BCUT2D eigenvalue weighted by molar-refractivity contribution is 0.777. The van der Waals surface area contributed by atoms with Gasteiger partial charge >= 0.3 is 0 Å². The van der Waals surface area contributed by atoms with Crippen LogP contribution in [0.5, 0.6) is 0 Å². The molecule has 0 N–H and O–H groups in total. The van der Waals surface area contributed by atoms with Gasteiger partial charge in [0.15, 0.2) is 4.75 Å². The summed E-state index contributed by atoms with van der Waals surface area (Å²) in [5.74, 6) is 0. The van der Waals surface area contributed by atoms with Crippen molar-refractivity contribution in [2.45, 2.75) is 18.6 Å². The fourth-order valence-corrected chi connectivity index (χ4v) is 2.16. The van der Waals surface area contributed by atoms with Gasteiger partial charge in [0.2, 0.25) is 0 Å². The molecule has 0 saturated carbocycles. The third-order valence-corrected chi connectivity index (χ3v) is 4.87. The van der Waals surface area contributed by atoms with Crippen LogP contribution in [0, 0.1) is 0 Å². The minimum atomic E-state index is 0.211. The summed E-state index contributed by atoms with van der Waals surface area (Å²) in [6, 6.07) is 10.6. The third kappa shape index (κ3) is 2.16. The molecule has 0 aromatic heterocycles.